The van der Waals surface area contributed by atoms with Gasteiger partial charge in [-0.2, -0.15) is 5.10 Å². The van der Waals surface area contributed by atoms with Gasteiger partial charge in [0.25, 0.3) is 5.91 Å². The maximum atomic E-state index is 12.7. The van der Waals surface area contributed by atoms with E-state index in [9.17, 15) is 9.59 Å². The second-order valence-electron chi connectivity index (χ2n) is 6.02. The van der Waals surface area contributed by atoms with E-state index in [1.54, 1.807) is 6.07 Å². The van der Waals surface area contributed by atoms with Gasteiger partial charge in [-0.25, -0.2) is 14.8 Å². The van der Waals surface area contributed by atoms with Crippen LogP contribution >= 0.6 is 0 Å². The minimum absolute atomic E-state index is 0.158. The SMILES string of the molecule is COC(=O)c1ccc2c(c1)CCC2NC(=O)c1ncnc2c(N)n[nH]c12. The second kappa shape index (κ2) is 6.10. The maximum Gasteiger partial charge on any atom is 0.337 e. The van der Waals surface area contributed by atoms with Gasteiger partial charge in [-0.15, -0.1) is 0 Å². The molecule has 4 N–H and O–H groups in total. The number of amides is 1. The molecule has 9 heteroatoms. The lowest BCUT2D eigenvalue weighted by molar-refractivity contribution is 0.0600. The number of nitrogens with one attached hydrogen (secondary N) is 2. The summed E-state index contributed by atoms with van der Waals surface area (Å²) in [7, 11) is 1.35. The van der Waals surface area contributed by atoms with Crippen molar-refractivity contribution in [2.75, 3.05) is 12.8 Å². The van der Waals surface area contributed by atoms with E-state index in [1.165, 1.54) is 13.4 Å². The summed E-state index contributed by atoms with van der Waals surface area (Å²) >= 11 is 0. The summed E-state index contributed by atoms with van der Waals surface area (Å²) in [5.41, 5.74) is 9.25. The van der Waals surface area contributed by atoms with E-state index < -0.39 is 0 Å². The number of ether oxygens (including phenoxy) is 1. The fraction of sp³-hybridized carbons (Fsp3) is 0.235. The molecular weight excluding hydrogens is 336 g/mol. The summed E-state index contributed by atoms with van der Waals surface area (Å²) in [5, 5.41) is 9.54. The molecule has 2 aromatic heterocycles. The normalized spacial score (nSPS) is 15.7. The molecule has 9 nitrogen and oxygen atoms in total. The molecule has 0 spiro atoms. The summed E-state index contributed by atoms with van der Waals surface area (Å²) in [4.78, 5) is 32.4. The molecule has 1 atom stereocenters. The van der Waals surface area contributed by atoms with Crippen molar-refractivity contribution < 1.29 is 14.3 Å². The van der Waals surface area contributed by atoms with Crippen molar-refractivity contribution in [3.05, 3.63) is 46.9 Å². The Balaban J connectivity index is 1.59. The number of carbonyl (C=O) groups excluding carboxylic acids is 2. The zero-order valence-electron chi connectivity index (χ0n) is 13.9. The highest BCUT2D eigenvalue weighted by Crippen LogP contribution is 2.32. The zero-order chi connectivity index (χ0) is 18.3. The third-order valence-electron chi connectivity index (χ3n) is 4.54. The highest BCUT2D eigenvalue weighted by molar-refractivity contribution is 6.04. The Morgan fingerprint density at radius 2 is 2.19 bits per heavy atom. The summed E-state index contributed by atoms with van der Waals surface area (Å²) in [6.45, 7) is 0. The molecule has 1 aromatic carbocycles. The Morgan fingerprint density at radius 1 is 1.35 bits per heavy atom. The average molecular weight is 352 g/mol. The number of fused-ring (bicyclic) bond motifs is 2. The maximum absolute atomic E-state index is 12.7. The molecule has 1 aliphatic rings. The monoisotopic (exact) mass is 352 g/mol. The molecule has 0 aliphatic heterocycles. The number of benzene rings is 1. The Labute approximate surface area is 148 Å². The standard InChI is InChI=1S/C17H16N6O3/c1-26-17(25)9-2-4-10-8(6-9)3-5-11(10)21-16(24)14-12-13(19-7-20-14)15(18)23-22-12/h2,4,6-7,11H,3,5H2,1H3,(H,21,24)(H3,18,22,23). The summed E-state index contributed by atoms with van der Waals surface area (Å²) < 4.78 is 4.75. The minimum atomic E-state index is -0.375. The molecule has 0 radical (unpaired) electrons. The first-order valence-corrected chi connectivity index (χ1v) is 8.05. The molecule has 0 saturated heterocycles. The van der Waals surface area contributed by atoms with Crippen LogP contribution < -0.4 is 11.1 Å². The van der Waals surface area contributed by atoms with Crippen LogP contribution in [0.4, 0.5) is 5.82 Å². The largest absolute Gasteiger partial charge is 0.465 e. The second-order valence-corrected chi connectivity index (χ2v) is 6.02. The number of nitrogens with two attached hydrogens (primary N) is 1. The van der Waals surface area contributed by atoms with Gasteiger partial charge in [-0.05, 0) is 36.1 Å². The van der Waals surface area contributed by atoms with E-state index in [2.05, 4.69) is 25.5 Å². The Morgan fingerprint density at radius 3 is 3.00 bits per heavy atom. The molecule has 2 heterocycles. The Kier molecular flexibility index (Phi) is 3.76. The Bertz CT molecular complexity index is 1030. The van der Waals surface area contributed by atoms with Crippen LogP contribution in [0.2, 0.25) is 0 Å². The van der Waals surface area contributed by atoms with Gasteiger partial charge in [-0.3, -0.25) is 9.89 Å². The quantitative estimate of drug-likeness (QED) is 0.601. The number of carbonyl (C=O) groups is 2. The van der Waals surface area contributed by atoms with Gasteiger partial charge in [0.05, 0.1) is 18.7 Å². The third kappa shape index (κ3) is 2.53. The number of esters is 1. The van der Waals surface area contributed by atoms with Crippen molar-refractivity contribution in [3.63, 3.8) is 0 Å². The predicted octanol–water partition coefficient (Wildman–Crippen LogP) is 1.14. The van der Waals surface area contributed by atoms with Crippen LogP contribution in [0.3, 0.4) is 0 Å². The number of H-pyrrole nitrogens is 1. The van der Waals surface area contributed by atoms with Crippen LogP contribution in [0, 0.1) is 0 Å². The van der Waals surface area contributed by atoms with Crippen molar-refractivity contribution in [2.45, 2.75) is 18.9 Å². The third-order valence-corrected chi connectivity index (χ3v) is 4.54. The van der Waals surface area contributed by atoms with Crippen molar-refractivity contribution >= 4 is 28.7 Å². The number of anilines is 1. The smallest absolute Gasteiger partial charge is 0.337 e. The number of hydrogen-bond acceptors (Lipinski definition) is 7. The number of methoxy groups -OCH3 is 1. The van der Waals surface area contributed by atoms with Gasteiger partial charge in [0.1, 0.15) is 17.4 Å². The lowest BCUT2D eigenvalue weighted by Gasteiger charge is -2.14. The van der Waals surface area contributed by atoms with Crippen LogP contribution in [0.1, 0.15) is 44.4 Å². The van der Waals surface area contributed by atoms with Gasteiger partial charge in [0.15, 0.2) is 11.5 Å². The van der Waals surface area contributed by atoms with Gasteiger partial charge in [0.2, 0.25) is 0 Å². The molecule has 0 fully saturated rings. The van der Waals surface area contributed by atoms with Crippen LogP contribution in [-0.2, 0) is 11.2 Å². The number of aromatic nitrogens is 4. The first-order chi connectivity index (χ1) is 12.6. The molecule has 4 rings (SSSR count). The fourth-order valence-corrected chi connectivity index (χ4v) is 3.27. The topological polar surface area (TPSA) is 136 Å². The highest BCUT2D eigenvalue weighted by Gasteiger charge is 2.27. The molecule has 1 aliphatic carbocycles. The predicted molar refractivity (Wildman–Crippen MR) is 92.4 cm³/mol. The van der Waals surface area contributed by atoms with Crippen molar-refractivity contribution in [3.8, 4) is 0 Å². The van der Waals surface area contributed by atoms with Crippen LogP contribution in [-0.4, -0.2) is 39.2 Å². The van der Waals surface area contributed by atoms with E-state index in [0.29, 0.717) is 16.6 Å². The van der Waals surface area contributed by atoms with Crippen molar-refractivity contribution in [2.24, 2.45) is 0 Å². The number of rotatable bonds is 3. The van der Waals surface area contributed by atoms with Crippen LogP contribution in [0.25, 0.3) is 11.0 Å². The highest BCUT2D eigenvalue weighted by atomic mass is 16.5. The molecule has 0 saturated carbocycles. The number of nitrogen functional groups attached to an aromatic ring is 1. The van der Waals surface area contributed by atoms with E-state index in [1.807, 2.05) is 12.1 Å². The average Bonchev–Trinajstić information content (AvgIpc) is 3.24. The van der Waals surface area contributed by atoms with Crippen LogP contribution in [0.15, 0.2) is 24.5 Å². The minimum Gasteiger partial charge on any atom is -0.465 e. The van der Waals surface area contributed by atoms with Gasteiger partial charge in [-0.1, -0.05) is 6.07 Å². The first-order valence-electron chi connectivity index (χ1n) is 8.05. The number of nitrogens with zero attached hydrogens (tertiary/aromatic N) is 3. The molecule has 26 heavy (non-hydrogen) atoms. The molecular formula is C17H16N6O3. The summed E-state index contributed by atoms with van der Waals surface area (Å²) in [6, 6.07) is 5.21. The summed E-state index contributed by atoms with van der Waals surface area (Å²) in [5.74, 6) is -0.491. The number of aromatic amines is 1. The molecule has 1 amide bonds. The van der Waals surface area contributed by atoms with E-state index in [0.717, 1.165) is 24.0 Å². The number of aryl methyl sites for hydroxylation is 1. The van der Waals surface area contributed by atoms with Crippen LogP contribution in [0.5, 0.6) is 0 Å². The van der Waals surface area contributed by atoms with Gasteiger partial charge >= 0.3 is 5.97 Å². The molecule has 1 unspecified atom stereocenters. The van der Waals surface area contributed by atoms with E-state index >= 15 is 0 Å². The zero-order valence-corrected chi connectivity index (χ0v) is 13.9. The lowest BCUT2D eigenvalue weighted by atomic mass is 10.0. The van der Waals surface area contributed by atoms with E-state index in [-0.39, 0.29) is 29.4 Å². The van der Waals surface area contributed by atoms with Gasteiger partial charge < -0.3 is 15.8 Å². The summed E-state index contributed by atoms with van der Waals surface area (Å²) in [6.07, 6.45) is 2.79. The van der Waals surface area contributed by atoms with Crippen molar-refractivity contribution in [1.82, 2.24) is 25.5 Å². The van der Waals surface area contributed by atoms with E-state index in [4.69, 9.17) is 10.5 Å². The van der Waals surface area contributed by atoms with Gasteiger partial charge in [0, 0.05) is 0 Å². The molecule has 3 aromatic rings. The molecule has 0 bridgehead atoms. The number of hydrogen-bond donors (Lipinski definition) is 3. The lowest BCUT2D eigenvalue weighted by Crippen LogP contribution is -2.28. The molecule has 132 valence electrons. The fourth-order valence-electron chi connectivity index (χ4n) is 3.27. The first kappa shape index (κ1) is 16.0. The Hall–Kier alpha value is -3.49. The van der Waals surface area contributed by atoms with Crippen molar-refractivity contribution in [1.29, 1.82) is 0 Å².